The topological polar surface area (TPSA) is 57.6 Å². The van der Waals surface area contributed by atoms with E-state index in [2.05, 4.69) is 0 Å². The van der Waals surface area contributed by atoms with Crippen molar-refractivity contribution in [2.24, 2.45) is 5.92 Å². The predicted octanol–water partition coefficient (Wildman–Crippen LogP) is 2.30. The third kappa shape index (κ3) is 2.10. The van der Waals surface area contributed by atoms with E-state index in [4.69, 9.17) is 0 Å². The van der Waals surface area contributed by atoms with Crippen molar-refractivity contribution in [1.29, 1.82) is 0 Å². The number of anilines is 1. The number of nitrogens with zero attached hydrogens (tertiary/aromatic N) is 1. The van der Waals surface area contributed by atoms with Gasteiger partial charge >= 0.3 is 0 Å². The van der Waals surface area contributed by atoms with Crippen LogP contribution in [0.15, 0.2) is 12.1 Å². The van der Waals surface area contributed by atoms with E-state index in [1.807, 2.05) is 6.92 Å². The Hall–Kier alpha value is -1.84. The molecule has 0 radical (unpaired) electrons. The number of benzene rings is 1. The summed E-state index contributed by atoms with van der Waals surface area (Å²) in [6.45, 7) is 5.44. The van der Waals surface area contributed by atoms with E-state index in [0.717, 1.165) is 5.56 Å². The molecule has 0 spiro atoms. The van der Waals surface area contributed by atoms with Gasteiger partial charge in [-0.3, -0.25) is 14.5 Å². The Balaban J connectivity index is 2.45. The van der Waals surface area contributed by atoms with Crippen LogP contribution < -0.4 is 4.90 Å². The largest absolute Gasteiger partial charge is 0.508 e. The summed E-state index contributed by atoms with van der Waals surface area (Å²) in [4.78, 5) is 25.3. The number of phenolic OH excluding ortho intramolecular Hbond substituents is 1. The Kier molecular flexibility index (Phi) is 3.11. The maximum atomic E-state index is 12.0. The van der Waals surface area contributed by atoms with Crippen LogP contribution in [-0.4, -0.2) is 16.9 Å². The molecular weight excluding hydrogens is 230 g/mol. The van der Waals surface area contributed by atoms with E-state index in [-0.39, 0.29) is 23.5 Å². The van der Waals surface area contributed by atoms with Crippen molar-refractivity contribution >= 4 is 17.5 Å². The monoisotopic (exact) mass is 247 g/mol. The Bertz CT molecular complexity index is 504. The van der Waals surface area contributed by atoms with Gasteiger partial charge in [-0.15, -0.1) is 0 Å². The summed E-state index contributed by atoms with van der Waals surface area (Å²) in [5.41, 5.74) is 1.98. The molecule has 0 atom stereocenters. The fourth-order valence-electron chi connectivity index (χ4n) is 2.29. The first kappa shape index (κ1) is 12.6. The van der Waals surface area contributed by atoms with Crippen LogP contribution in [0.4, 0.5) is 5.69 Å². The number of carbonyl (C=O) groups is 2. The molecule has 0 aromatic heterocycles. The molecule has 2 amide bonds. The highest BCUT2D eigenvalue weighted by molar-refractivity contribution is 6.17. The van der Waals surface area contributed by atoms with Crippen molar-refractivity contribution < 1.29 is 14.7 Å². The van der Waals surface area contributed by atoms with Crippen molar-refractivity contribution in [2.75, 3.05) is 4.90 Å². The van der Waals surface area contributed by atoms with Gasteiger partial charge in [0.2, 0.25) is 11.8 Å². The molecule has 0 unspecified atom stereocenters. The highest BCUT2D eigenvalue weighted by Crippen LogP contribution is 2.31. The zero-order valence-electron chi connectivity index (χ0n) is 10.9. The lowest BCUT2D eigenvalue weighted by atomic mass is 9.96. The van der Waals surface area contributed by atoms with Crippen molar-refractivity contribution in [2.45, 2.75) is 33.6 Å². The molecule has 1 N–H and O–H groups in total. The first-order valence-corrected chi connectivity index (χ1v) is 6.06. The highest BCUT2D eigenvalue weighted by Gasteiger charge is 2.32. The number of hydrogen-bond donors (Lipinski definition) is 1. The van der Waals surface area contributed by atoms with Crippen LogP contribution in [0.1, 0.15) is 30.9 Å². The maximum Gasteiger partial charge on any atom is 0.234 e. The number of carbonyl (C=O) groups excluding carboxylic acids is 2. The standard InChI is InChI=1S/C14H17NO3/c1-8-4-13(17)15(14(18)5-8)11-6-10(3)12(16)7-9(11)2/h6-8,16H,4-5H2,1-3H3. The quantitative estimate of drug-likeness (QED) is 0.775. The minimum absolute atomic E-state index is 0.111. The Morgan fingerprint density at radius 2 is 1.67 bits per heavy atom. The zero-order valence-corrected chi connectivity index (χ0v) is 10.9. The van der Waals surface area contributed by atoms with Crippen LogP contribution in [0, 0.1) is 19.8 Å². The van der Waals surface area contributed by atoms with Gasteiger partial charge in [0.05, 0.1) is 5.69 Å². The fraction of sp³-hybridized carbons (Fsp3) is 0.429. The molecule has 1 heterocycles. The second kappa shape index (κ2) is 4.44. The van der Waals surface area contributed by atoms with Crippen molar-refractivity contribution in [3.8, 4) is 5.75 Å². The second-order valence-electron chi connectivity index (χ2n) is 5.06. The van der Waals surface area contributed by atoms with Gasteiger partial charge < -0.3 is 5.11 Å². The van der Waals surface area contributed by atoms with Crippen LogP contribution in [-0.2, 0) is 9.59 Å². The number of rotatable bonds is 1. The molecule has 1 aromatic carbocycles. The van der Waals surface area contributed by atoms with Crippen LogP contribution >= 0.6 is 0 Å². The molecule has 96 valence electrons. The lowest BCUT2D eigenvalue weighted by molar-refractivity contribution is -0.130. The minimum atomic E-state index is -0.160. The maximum absolute atomic E-state index is 12.0. The van der Waals surface area contributed by atoms with E-state index < -0.39 is 0 Å². The van der Waals surface area contributed by atoms with Crippen LogP contribution in [0.25, 0.3) is 0 Å². The van der Waals surface area contributed by atoms with Gasteiger partial charge in [-0.25, -0.2) is 0 Å². The molecule has 1 fully saturated rings. The van der Waals surface area contributed by atoms with E-state index in [1.54, 1.807) is 26.0 Å². The third-order valence-electron chi connectivity index (χ3n) is 3.30. The number of aryl methyl sites for hydroxylation is 2. The van der Waals surface area contributed by atoms with E-state index in [0.29, 0.717) is 24.1 Å². The minimum Gasteiger partial charge on any atom is -0.508 e. The molecule has 1 saturated heterocycles. The normalized spacial score (nSPS) is 17.4. The molecule has 4 heteroatoms. The Labute approximate surface area is 106 Å². The molecule has 0 saturated carbocycles. The summed E-state index contributed by atoms with van der Waals surface area (Å²) in [5, 5.41) is 9.61. The third-order valence-corrected chi connectivity index (χ3v) is 3.30. The molecule has 1 aliphatic rings. The van der Waals surface area contributed by atoms with Crippen LogP contribution in [0.2, 0.25) is 0 Å². The summed E-state index contributed by atoms with van der Waals surface area (Å²) in [5.74, 6) is -0.0276. The van der Waals surface area contributed by atoms with Gasteiger partial charge in [0.15, 0.2) is 0 Å². The number of imide groups is 1. The molecule has 1 aromatic rings. The summed E-state index contributed by atoms with van der Waals surface area (Å²) in [6, 6.07) is 3.28. The average Bonchev–Trinajstić information content (AvgIpc) is 2.24. The Morgan fingerprint density at radius 1 is 1.11 bits per heavy atom. The lowest BCUT2D eigenvalue weighted by Crippen LogP contribution is -2.43. The van der Waals surface area contributed by atoms with Crippen molar-refractivity contribution in [1.82, 2.24) is 0 Å². The molecular formula is C14H17NO3. The number of amides is 2. The second-order valence-corrected chi connectivity index (χ2v) is 5.06. The smallest absolute Gasteiger partial charge is 0.234 e. The van der Waals surface area contributed by atoms with Gasteiger partial charge in [-0.1, -0.05) is 6.92 Å². The average molecular weight is 247 g/mol. The molecule has 4 nitrogen and oxygen atoms in total. The molecule has 0 bridgehead atoms. The van der Waals surface area contributed by atoms with Gasteiger partial charge in [0, 0.05) is 12.8 Å². The summed E-state index contributed by atoms with van der Waals surface area (Å²) < 4.78 is 0. The SMILES string of the molecule is Cc1cc(N2C(=O)CC(C)CC2=O)c(C)cc1O. The first-order chi connectivity index (χ1) is 8.40. The molecule has 0 aliphatic carbocycles. The van der Waals surface area contributed by atoms with Gasteiger partial charge in [-0.2, -0.15) is 0 Å². The van der Waals surface area contributed by atoms with Crippen LogP contribution in [0.3, 0.4) is 0 Å². The Morgan fingerprint density at radius 3 is 2.22 bits per heavy atom. The van der Waals surface area contributed by atoms with Gasteiger partial charge in [-0.05, 0) is 43.0 Å². The predicted molar refractivity (Wildman–Crippen MR) is 68.5 cm³/mol. The van der Waals surface area contributed by atoms with Crippen molar-refractivity contribution in [3.63, 3.8) is 0 Å². The zero-order chi connectivity index (χ0) is 13.4. The summed E-state index contributed by atoms with van der Waals surface area (Å²) in [7, 11) is 0. The highest BCUT2D eigenvalue weighted by atomic mass is 16.3. The number of phenols is 1. The lowest BCUT2D eigenvalue weighted by Gasteiger charge is -2.29. The summed E-state index contributed by atoms with van der Waals surface area (Å²) in [6.07, 6.45) is 0.788. The molecule has 2 rings (SSSR count). The number of aromatic hydroxyl groups is 1. The van der Waals surface area contributed by atoms with Crippen LogP contribution in [0.5, 0.6) is 5.75 Å². The number of piperidine rings is 1. The molecule has 18 heavy (non-hydrogen) atoms. The van der Waals surface area contributed by atoms with E-state index in [9.17, 15) is 14.7 Å². The summed E-state index contributed by atoms with van der Waals surface area (Å²) >= 11 is 0. The van der Waals surface area contributed by atoms with E-state index in [1.165, 1.54) is 4.90 Å². The molecule has 1 aliphatic heterocycles. The fourth-order valence-corrected chi connectivity index (χ4v) is 2.29. The first-order valence-electron chi connectivity index (χ1n) is 6.06. The van der Waals surface area contributed by atoms with Gasteiger partial charge in [0.1, 0.15) is 5.75 Å². The number of hydrogen-bond acceptors (Lipinski definition) is 3. The van der Waals surface area contributed by atoms with E-state index >= 15 is 0 Å². The van der Waals surface area contributed by atoms with Gasteiger partial charge in [0.25, 0.3) is 0 Å². The van der Waals surface area contributed by atoms with Crippen molar-refractivity contribution in [3.05, 3.63) is 23.3 Å².